The number of aromatic nitrogens is 4. The molecule has 3 aromatic heterocycles. The van der Waals surface area contributed by atoms with E-state index in [-0.39, 0.29) is 98.7 Å². The predicted octanol–water partition coefficient (Wildman–Crippen LogP) is 9.13. The number of hydrogen-bond acceptors (Lipinski definition) is 26. The number of aliphatic hydroxyl groups excluding tert-OH is 1. The number of nitriles is 1. The predicted molar refractivity (Wildman–Crippen MR) is 268 cm³/mol. The third-order valence-corrected chi connectivity index (χ3v) is 12.4. The fraction of sp³-hybridized carbons (Fsp3) is 0.256. The van der Waals surface area contributed by atoms with Gasteiger partial charge in [0.15, 0.2) is 21.4 Å². The van der Waals surface area contributed by atoms with Gasteiger partial charge in [-0.05, 0) is 48.7 Å². The number of hydrogen-bond donors (Lipinski definition) is 7. The number of carbonyl (C=O) groups is 2. The summed E-state index contributed by atoms with van der Waals surface area (Å²) >= 11 is 3.00. The van der Waals surface area contributed by atoms with Crippen molar-refractivity contribution in [2.45, 2.75) is 29.0 Å². The highest BCUT2D eigenvalue weighted by Crippen LogP contribution is 2.47. The molecule has 74 heavy (non-hydrogen) atoms. The molecule has 7 N–H and O–H groups in total. The highest BCUT2D eigenvalue weighted by Gasteiger charge is 2.23. The van der Waals surface area contributed by atoms with Gasteiger partial charge in [0, 0.05) is 35.9 Å². The summed E-state index contributed by atoms with van der Waals surface area (Å²) in [7, 11) is -2.31. The van der Waals surface area contributed by atoms with Crippen LogP contribution in [-0.2, 0) is 33.8 Å². The molecular weight excluding hydrogens is 1050 g/mol. The number of para-hydroxylation sites is 2. The summed E-state index contributed by atoms with van der Waals surface area (Å²) in [4.78, 5) is 29.6. The zero-order valence-electron chi connectivity index (χ0n) is 38.8. The van der Waals surface area contributed by atoms with Gasteiger partial charge in [-0.25, -0.2) is 10.2 Å². The van der Waals surface area contributed by atoms with E-state index >= 15 is 0 Å². The molecule has 0 atom stereocenters. The quantitative estimate of drug-likeness (QED) is 0.00596. The van der Waals surface area contributed by atoms with E-state index in [4.69, 9.17) is 28.7 Å². The summed E-state index contributed by atoms with van der Waals surface area (Å²) in [5.41, 5.74) is 2.19. The minimum atomic E-state index is -3.67. The number of azo groups is 3. The first-order chi connectivity index (χ1) is 35.4. The Labute approximate surface area is 430 Å². The van der Waals surface area contributed by atoms with Gasteiger partial charge in [0.25, 0.3) is 15.2 Å². The summed E-state index contributed by atoms with van der Waals surface area (Å²) in [6.45, 7) is 1.78. The fourth-order valence-electron chi connectivity index (χ4n) is 6.72. The van der Waals surface area contributed by atoms with Crippen LogP contribution in [0.25, 0.3) is 27.5 Å². The van der Waals surface area contributed by atoms with Crippen LogP contribution in [0.4, 0.5) is 39.3 Å². The number of nitrogens with zero attached hydrogens (tertiary/aromatic N) is 12. The Bertz CT molecular complexity index is 3410. The number of pyridine rings is 1. The van der Waals surface area contributed by atoms with Crippen LogP contribution in [0.2, 0.25) is 0 Å². The zero-order valence-corrected chi connectivity index (χ0v) is 42.1. The average molecular weight is 1100 g/mol. The molecule has 27 nitrogen and oxygen atoms in total. The van der Waals surface area contributed by atoms with Crippen molar-refractivity contribution in [2.24, 2.45) is 30.7 Å². The molecule has 388 valence electrons. The number of aromatic hydroxyl groups is 2. The van der Waals surface area contributed by atoms with Crippen molar-refractivity contribution in [1.82, 2.24) is 19.6 Å². The standard InChI is InChI=1S/C42H38N12O12S3.CH4O3S/c1-22-26(21-43)39-44-27-5-3-4-6-30(27)54(39)40(61)36(22)48-45-24-8-7-23-17-33(69-66-65-62)37(38(60)25(23)18-24)49-46-28-20-32(63-2)29(19-31(28)53(11-9-34(56)57)12-10-35(58)59)47-50-41-51-52-42(68-41)67-16-15-64-14-13-55;1-5(2,3)4/h3-8,17-20,55,60-62H,9-16H2,1-2H3,(H,56,57)(H,58,59);1H3,(H,2,3,4). The van der Waals surface area contributed by atoms with Gasteiger partial charge in [0.05, 0.1) is 85.4 Å². The third-order valence-electron chi connectivity index (χ3n) is 9.90. The van der Waals surface area contributed by atoms with Gasteiger partial charge in [0.1, 0.15) is 34.4 Å². The number of aliphatic carboxylic acids is 2. The van der Waals surface area contributed by atoms with Crippen LogP contribution in [0, 0.1) is 18.3 Å². The number of phenols is 1. The maximum atomic E-state index is 11.8. The molecule has 0 radical (unpaired) electrons. The lowest BCUT2D eigenvalue weighted by Gasteiger charge is -2.25. The van der Waals surface area contributed by atoms with Gasteiger partial charge < -0.3 is 39.9 Å². The van der Waals surface area contributed by atoms with E-state index in [2.05, 4.69) is 57.0 Å². The molecule has 3 heterocycles. The maximum Gasteiger partial charge on any atom is 0.305 e. The summed E-state index contributed by atoms with van der Waals surface area (Å²) in [6.07, 6.45) is -0.0754. The van der Waals surface area contributed by atoms with Gasteiger partial charge in [0.2, 0.25) is 5.88 Å². The molecule has 0 aliphatic heterocycles. The number of fused-ring (bicyclic) bond motifs is 4. The molecule has 0 amide bonds. The van der Waals surface area contributed by atoms with Gasteiger partial charge in [-0.3, -0.25) is 18.5 Å². The Hall–Kier alpha value is -7.51. The number of phenolic OH excluding ortho intramolecular Hbond substituents is 1. The van der Waals surface area contributed by atoms with Crippen molar-refractivity contribution in [2.75, 3.05) is 56.9 Å². The van der Waals surface area contributed by atoms with Crippen molar-refractivity contribution in [3.05, 3.63) is 71.8 Å². The largest absolute Gasteiger partial charge is 0.505 e. The molecule has 31 heteroatoms. The van der Waals surface area contributed by atoms with Crippen molar-refractivity contribution in [3.8, 4) is 23.4 Å². The molecule has 7 rings (SSSR count). The molecule has 0 aliphatic rings. The van der Waals surface area contributed by atoms with E-state index in [0.29, 0.717) is 57.0 Å². The maximum absolute atomic E-state index is 11.8. The lowest BCUT2D eigenvalue weighted by molar-refractivity contribution is -0.432. The van der Waals surface area contributed by atoms with E-state index in [1.807, 2.05) is 0 Å². The number of benzene rings is 4. The van der Waals surface area contributed by atoms with Crippen LogP contribution in [0.1, 0.15) is 24.0 Å². The second-order valence-electron chi connectivity index (χ2n) is 14.9. The fourth-order valence-corrected chi connectivity index (χ4v) is 8.80. The Morgan fingerprint density at radius 3 is 2.30 bits per heavy atom. The average Bonchev–Trinajstić information content (AvgIpc) is 3.99. The Balaban J connectivity index is 0.00000170. The number of imidazole rings is 1. The van der Waals surface area contributed by atoms with Crippen LogP contribution in [0.5, 0.6) is 17.4 Å². The SMILES string of the molecule is COc1cc(N=Nc2c(SOOO)cc3ccc(N=Nc4c(C)c(C#N)c5nc6ccccc6n5c4O)cc3c2O)c(N(CCC(=O)O)CCC(=O)O)cc1N=Nc1nnc(SCCOCCO)s1.CS(=O)(=O)O. The van der Waals surface area contributed by atoms with Gasteiger partial charge >= 0.3 is 11.9 Å². The monoisotopic (exact) mass is 1090 g/mol. The number of rotatable bonds is 23. The van der Waals surface area contributed by atoms with Crippen LogP contribution < -0.4 is 9.64 Å². The van der Waals surface area contributed by atoms with Crippen molar-refractivity contribution in [3.63, 3.8) is 0 Å². The lowest BCUT2D eigenvalue weighted by Crippen LogP contribution is -2.28. The van der Waals surface area contributed by atoms with E-state index in [9.17, 15) is 43.7 Å². The number of carboxylic acid groups (broad SMARTS) is 2. The molecule has 0 spiro atoms. The van der Waals surface area contributed by atoms with E-state index < -0.39 is 40.6 Å². The second kappa shape index (κ2) is 25.9. The van der Waals surface area contributed by atoms with E-state index in [1.165, 1.54) is 46.4 Å². The highest BCUT2D eigenvalue weighted by molar-refractivity contribution is 8.01. The highest BCUT2D eigenvalue weighted by atomic mass is 32.2. The summed E-state index contributed by atoms with van der Waals surface area (Å²) in [6, 6.07) is 18.3. The van der Waals surface area contributed by atoms with Crippen molar-refractivity contribution < 1.29 is 72.2 Å². The smallest absolute Gasteiger partial charge is 0.305 e. The van der Waals surface area contributed by atoms with Crippen LogP contribution in [0.3, 0.4) is 0 Å². The van der Waals surface area contributed by atoms with Gasteiger partial charge in [-0.15, -0.1) is 40.1 Å². The van der Waals surface area contributed by atoms with Crippen LogP contribution >= 0.6 is 35.1 Å². The first-order valence-electron chi connectivity index (χ1n) is 21.1. The molecule has 0 aliphatic carbocycles. The summed E-state index contributed by atoms with van der Waals surface area (Å²) < 4.78 is 43.5. The molecule has 7 aromatic rings. The zero-order chi connectivity index (χ0) is 53.5. The lowest BCUT2D eigenvalue weighted by atomic mass is 10.1. The van der Waals surface area contributed by atoms with Gasteiger partial charge in [-0.1, -0.05) is 46.3 Å². The van der Waals surface area contributed by atoms with E-state index in [1.54, 1.807) is 49.4 Å². The first kappa shape index (κ1) is 55.8. The number of anilines is 1. The number of thioether (sulfide) groups is 1. The topological polar surface area (TPSA) is 391 Å². The Morgan fingerprint density at radius 1 is 0.919 bits per heavy atom. The number of aliphatic hydroxyl groups is 1. The second-order valence-corrected chi connectivity index (χ2v) is 19.4. The minimum absolute atomic E-state index is 0.00912. The molecule has 0 saturated carbocycles. The molecule has 0 fully saturated rings. The number of carboxylic acids is 2. The molecule has 0 unspecified atom stereocenters. The van der Waals surface area contributed by atoms with Crippen molar-refractivity contribution in [1.29, 1.82) is 5.26 Å². The first-order valence-corrected chi connectivity index (χ1v) is 25.5. The Kier molecular flexibility index (Phi) is 19.6. The third kappa shape index (κ3) is 14.6. The summed E-state index contributed by atoms with van der Waals surface area (Å²) in [5, 5.41) is 109. The molecular formula is C43H42N12O15S4. The minimum Gasteiger partial charge on any atom is -0.505 e. The van der Waals surface area contributed by atoms with E-state index in [0.717, 1.165) is 11.3 Å². The number of ether oxygens (including phenoxy) is 2. The molecule has 0 saturated heterocycles. The normalized spacial score (nSPS) is 11.8. The van der Waals surface area contributed by atoms with Gasteiger partial charge in [-0.2, -0.15) is 18.8 Å². The van der Waals surface area contributed by atoms with Crippen molar-refractivity contribution >= 4 is 124 Å². The molecule has 0 bridgehead atoms. The number of methoxy groups -OCH3 is 1. The molecule has 4 aromatic carbocycles. The van der Waals surface area contributed by atoms with Crippen LogP contribution in [-0.4, -0.2) is 127 Å². The Morgan fingerprint density at radius 2 is 1.62 bits per heavy atom. The van der Waals surface area contributed by atoms with Crippen LogP contribution in [0.15, 0.2) is 101 Å². The summed E-state index contributed by atoms with van der Waals surface area (Å²) in [5.74, 6) is -2.40.